The van der Waals surface area contributed by atoms with Crippen molar-refractivity contribution in [1.82, 2.24) is 16.0 Å². The highest BCUT2D eigenvalue weighted by molar-refractivity contribution is 5.89. The van der Waals surface area contributed by atoms with E-state index in [0.29, 0.717) is 18.6 Å². The summed E-state index contributed by atoms with van der Waals surface area (Å²) in [5.41, 5.74) is 1.20. The molecule has 11 heteroatoms. The summed E-state index contributed by atoms with van der Waals surface area (Å²) in [6.45, 7) is 1.73. The Labute approximate surface area is 193 Å². The van der Waals surface area contributed by atoms with Crippen LogP contribution in [0.25, 0.3) is 0 Å². The van der Waals surface area contributed by atoms with Crippen LogP contribution in [0.1, 0.15) is 36.9 Å². The van der Waals surface area contributed by atoms with E-state index in [4.69, 9.17) is 4.74 Å². The molecule has 1 aliphatic heterocycles. The van der Waals surface area contributed by atoms with Crippen molar-refractivity contribution >= 4 is 11.8 Å². The molecule has 3 rings (SSSR count). The van der Waals surface area contributed by atoms with Gasteiger partial charge in [-0.1, -0.05) is 25.1 Å². The number of carbonyl (C=O) groups is 2. The van der Waals surface area contributed by atoms with Crippen LogP contribution in [0.5, 0.6) is 11.5 Å². The molecule has 184 valence electrons. The number of ether oxygens (including phenoxy) is 2. The van der Waals surface area contributed by atoms with E-state index in [0.717, 1.165) is 17.7 Å². The molecule has 0 aliphatic carbocycles. The Morgan fingerprint density at radius 3 is 2.50 bits per heavy atom. The molecule has 2 unspecified atom stereocenters. The van der Waals surface area contributed by atoms with Crippen LogP contribution >= 0.6 is 0 Å². The second kappa shape index (κ2) is 10.7. The summed E-state index contributed by atoms with van der Waals surface area (Å²) >= 11 is 0. The summed E-state index contributed by atoms with van der Waals surface area (Å²) in [4.78, 5) is 25.1. The van der Waals surface area contributed by atoms with Crippen LogP contribution in [-0.2, 0) is 16.0 Å². The number of hydrogen-bond acceptors (Lipinski definition) is 5. The van der Waals surface area contributed by atoms with Gasteiger partial charge in [0.15, 0.2) is 11.6 Å². The smallest absolute Gasteiger partial charge is 0.497 e. The molecule has 0 radical (unpaired) electrons. The van der Waals surface area contributed by atoms with Gasteiger partial charge in [-0.2, -0.15) is 0 Å². The first kappa shape index (κ1) is 25.3. The Kier molecular flexibility index (Phi) is 7.98. The van der Waals surface area contributed by atoms with Crippen LogP contribution in [0.15, 0.2) is 42.5 Å². The molecule has 34 heavy (non-hydrogen) atoms. The van der Waals surface area contributed by atoms with E-state index in [1.165, 1.54) is 6.07 Å². The summed E-state index contributed by atoms with van der Waals surface area (Å²) in [6, 6.07) is 8.80. The lowest BCUT2D eigenvalue weighted by molar-refractivity contribution is -0.275. The predicted octanol–water partition coefficient (Wildman–Crippen LogP) is 3.35. The minimum absolute atomic E-state index is 0.0892. The first-order valence-corrected chi connectivity index (χ1v) is 10.6. The highest BCUT2D eigenvalue weighted by Gasteiger charge is 2.33. The van der Waals surface area contributed by atoms with E-state index < -0.39 is 42.1 Å². The lowest BCUT2D eigenvalue weighted by atomic mass is 10.0. The summed E-state index contributed by atoms with van der Waals surface area (Å²) in [7, 11) is 1.56. The van der Waals surface area contributed by atoms with Gasteiger partial charge in [-0.15, -0.1) is 13.2 Å². The summed E-state index contributed by atoms with van der Waals surface area (Å²) in [5, 5.41) is 8.63. The van der Waals surface area contributed by atoms with Crippen LogP contribution in [-0.4, -0.2) is 37.5 Å². The zero-order valence-corrected chi connectivity index (χ0v) is 18.5. The van der Waals surface area contributed by atoms with Crippen LogP contribution in [0.4, 0.5) is 17.6 Å². The second-order valence-electron chi connectivity index (χ2n) is 7.80. The number of methoxy groups -OCH3 is 1. The van der Waals surface area contributed by atoms with E-state index in [-0.39, 0.29) is 17.9 Å². The van der Waals surface area contributed by atoms with Gasteiger partial charge in [0.25, 0.3) is 0 Å². The summed E-state index contributed by atoms with van der Waals surface area (Å²) in [5.74, 6) is -2.23. The van der Waals surface area contributed by atoms with Crippen LogP contribution in [0, 0.1) is 5.82 Å². The van der Waals surface area contributed by atoms with Gasteiger partial charge in [0.2, 0.25) is 11.8 Å². The fourth-order valence-electron chi connectivity index (χ4n) is 3.69. The second-order valence-corrected chi connectivity index (χ2v) is 7.80. The first-order valence-electron chi connectivity index (χ1n) is 10.6. The third kappa shape index (κ3) is 6.83. The molecule has 2 amide bonds. The van der Waals surface area contributed by atoms with Crippen LogP contribution in [0.2, 0.25) is 0 Å². The number of hydrogen-bond donors (Lipinski definition) is 3. The SMILES string of the molecule is CC[C@@H](NC(=O)C1CC(=O)NC(Cc2ccc(OC)cc2)N1)c1ccc(OC(F)(F)F)c(F)c1. The molecule has 3 atom stereocenters. The Bertz CT molecular complexity index is 1010. The standard InChI is InChI=1S/C23H25F4N3O4/c1-3-17(14-6-9-19(16(24)11-14)34-23(25,26)27)29-22(32)18-12-21(31)30-20(28-18)10-13-4-7-15(33-2)8-5-13/h4-9,11,17-18,20,28H,3,10,12H2,1-2H3,(H,29,32)(H,30,31)/t17-,18?,20?/m1/s1. The molecule has 0 aromatic heterocycles. The molecule has 3 N–H and O–H groups in total. The highest BCUT2D eigenvalue weighted by atomic mass is 19.4. The Balaban J connectivity index is 1.65. The van der Waals surface area contributed by atoms with Crippen molar-refractivity contribution < 1.29 is 36.6 Å². The van der Waals surface area contributed by atoms with Crippen molar-refractivity contribution in [2.45, 2.75) is 50.8 Å². The lowest BCUT2D eigenvalue weighted by Gasteiger charge is -2.32. The van der Waals surface area contributed by atoms with E-state index in [1.54, 1.807) is 26.2 Å². The van der Waals surface area contributed by atoms with Crippen LogP contribution < -0.4 is 25.4 Å². The number of amides is 2. The van der Waals surface area contributed by atoms with Gasteiger partial charge in [0.05, 0.1) is 31.8 Å². The number of alkyl halides is 3. The highest BCUT2D eigenvalue weighted by Crippen LogP contribution is 2.28. The Hall–Kier alpha value is -3.34. The molecule has 1 aliphatic rings. The number of benzene rings is 2. The number of halogens is 4. The van der Waals surface area contributed by atoms with Crippen LogP contribution in [0.3, 0.4) is 0 Å². The molecular weight excluding hydrogens is 458 g/mol. The fourth-order valence-corrected chi connectivity index (χ4v) is 3.69. The molecule has 1 fully saturated rings. The summed E-state index contributed by atoms with van der Waals surface area (Å²) < 4.78 is 60.0. The van der Waals surface area contributed by atoms with Crippen molar-refractivity contribution in [1.29, 1.82) is 0 Å². The third-order valence-corrected chi connectivity index (χ3v) is 5.35. The largest absolute Gasteiger partial charge is 0.573 e. The minimum Gasteiger partial charge on any atom is -0.497 e. The fraction of sp³-hybridized carbons (Fsp3) is 0.391. The van der Waals surface area contributed by atoms with Crippen molar-refractivity contribution in [3.05, 3.63) is 59.4 Å². The molecule has 2 aromatic carbocycles. The lowest BCUT2D eigenvalue weighted by Crippen LogP contribution is -2.61. The number of nitrogens with one attached hydrogen (secondary N) is 3. The summed E-state index contributed by atoms with van der Waals surface area (Å²) in [6.07, 6.45) is -4.81. The molecular formula is C23H25F4N3O4. The Morgan fingerprint density at radius 1 is 1.21 bits per heavy atom. The van der Waals surface area contributed by atoms with Gasteiger partial charge in [-0.3, -0.25) is 14.9 Å². The quantitative estimate of drug-likeness (QED) is 0.502. The zero-order chi connectivity index (χ0) is 24.9. The predicted molar refractivity (Wildman–Crippen MR) is 114 cm³/mol. The third-order valence-electron chi connectivity index (χ3n) is 5.35. The molecule has 1 saturated heterocycles. The van der Waals surface area contributed by atoms with E-state index in [2.05, 4.69) is 20.7 Å². The van der Waals surface area contributed by atoms with Gasteiger partial charge in [0, 0.05) is 6.42 Å². The monoisotopic (exact) mass is 483 g/mol. The van der Waals surface area contributed by atoms with Gasteiger partial charge in [-0.05, 0) is 41.8 Å². The average Bonchev–Trinajstić information content (AvgIpc) is 2.78. The maximum atomic E-state index is 14.1. The van der Waals surface area contributed by atoms with Gasteiger partial charge >= 0.3 is 6.36 Å². The maximum absolute atomic E-state index is 14.1. The molecule has 0 spiro atoms. The van der Waals surface area contributed by atoms with E-state index >= 15 is 0 Å². The average molecular weight is 483 g/mol. The van der Waals surface area contributed by atoms with Crippen molar-refractivity contribution in [3.8, 4) is 11.5 Å². The molecule has 0 bridgehead atoms. The van der Waals surface area contributed by atoms with Gasteiger partial charge < -0.3 is 20.1 Å². The maximum Gasteiger partial charge on any atom is 0.573 e. The minimum atomic E-state index is -5.02. The zero-order valence-electron chi connectivity index (χ0n) is 18.5. The molecule has 0 saturated carbocycles. The van der Waals surface area contributed by atoms with Crippen molar-refractivity contribution in [3.63, 3.8) is 0 Å². The topological polar surface area (TPSA) is 88.7 Å². The van der Waals surface area contributed by atoms with Gasteiger partial charge in [-0.25, -0.2) is 4.39 Å². The van der Waals surface area contributed by atoms with Crippen molar-refractivity contribution in [2.75, 3.05) is 7.11 Å². The normalized spacial score (nSPS) is 19.2. The molecule has 7 nitrogen and oxygen atoms in total. The van der Waals surface area contributed by atoms with Crippen molar-refractivity contribution in [2.24, 2.45) is 0 Å². The molecule has 1 heterocycles. The number of carbonyl (C=O) groups excluding carboxylic acids is 2. The van der Waals surface area contributed by atoms with Gasteiger partial charge in [0.1, 0.15) is 5.75 Å². The van der Waals surface area contributed by atoms with E-state index in [1.807, 2.05) is 12.1 Å². The van der Waals surface area contributed by atoms with E-state index in [9.17, 15) is 27.2 Å². The first-order chi connectivity index (χ1) is 16.1. The Morgan fingerprint density at radius 2 is 1.91 bits per heavy atom. The number of rotatable bonds is 8. The molecule has 2 aromatic rings.